The van der Waals surface area contributed by atoms with Crippen LogP contribution in [0.25, 0.3) is 0 Å². The van der Waals surface area contributed by atoms with Crippen molar-refractivity contribution in [3.63, 3.8) is 0 Å². The van der Waals surface area contributed by atoms with Crippen molar-refractivity contribution in [2.75, 3.05) is 0 Å². The van der Waals surface area contributed by atoms with Gasteiger partial charge in [-0.25, -0.2) is 0 Å². The summed E-state index contributed by atoms with van der Waals surface area (Å²) in [5.74, 6) is 0.273. The number of carbonyl (C=O) groups is 1. The molecule has 2 nitrogen and oxygen atoms in total. The Morgan fingerprint density at radius 2 is 2.12 bits per heavy atom. The lowest BCUT2D eigenvalue weighted by Crippen LogP contribution is -2.53. The molecule has 94 valence electrons. The molecule has 1 fully saturated rings. The highest BCUT2D eigenvalue weighted by Gasteiger charge is 2.53. The second-order valence-electron chi connectivity index (χ2n) is 6.22. The smallest absolute Gasteiger partial charge is 0.186 e. The van der Waals surface area contributed by atoms with Gasteiger partial charge in [0.15, 0.2) is 5.78 Å². The Hall–Kier alpha value is -0.890. The third-order valence-corrected chi connectivity index (χ3v) is 4.52. The molecule has 2 aliphatic carbocycles. The second-order valence-corrected chi connectivity index (χ2v) is 6.22. The lowest BCUT2D eigenvalue weighted by Gasteiger charge is -2.54. The van der Waals surface area contributed by atoms with Crippen molar-refractivity contribution >= 4 is 5.78 Å². The molecule has 3 atom stereocenters. The van der Waals surface area contributed by atoms with Crippen molar-refractivity contribution in [3.05, 3.63) is 23.8 Å². The molecule has 0 saturated heterocycles. The highest BCUT2D eigenvalue weighted by Crippen LogP contribution is 2.56. The van der Waals surface area contributed by atoms with E-state index in [9.17, 15) is 9.90 Å². The summed E-state index contributed by atoms with van der Waals surface area (Å²) < 4.78 is 0. The van der Waals surface area contributed by atoms with E-state index in [0.717, 1.165) is 19.3 Å². The lowest BCUT2D eigenvalue weighted by atomic mass is 9.51. The standard InChI is InChI=1S/C15H22O2/c1-9-6-5-7-10(2)13(16)14(17)12-11(9)8-15(12,3)4/h7,11-12,14,17H,1,5-6,8H2,2-4H3/b10-7+/t11-,12+,14-/m1/s1. The first-order chi connectivity index (χ1) is 7.84. The van der Waals surface area contributed by atoms with Crippen LogP contribution in [-0.2, 0) is 4.79 Å². The summed E-state index contributed by atoms with van der Waals surface area (Å²) in [7, 11) is 0. The third kappa shape index (κ3) is 1.99. The number of rotatable bonds is 0. The van der Waals surface area contributed by atoms with Crippen molar-refractivity contribution in [2.45, 2.75) is 46.1 Å². The van der Waals surface area contributed by atoms with Crippen molar-refractivity contribution in [3.8, 4) is 0 Å². The number of Topliss-reactive ketones (excluding diaryl/α,β-unsaturated/α-hetero) is 1. The number of aliphatic hydroxyl groups is 1. The maximum atomic E-state index is 12.1. The SMILES string of the molecule is C=C1CC/C=C(\C)C(=O)[C@H](O)[C@@H]2[C@@H]1CC2(C)C. The van der Waals surface area contributed by atoms with E-state index in [4.69, 9.17) is 0 Å². The minimum absolute atomic E-state index is 0.0453. The average Bonchev–Trinajstić information content (AvgIpc) is 2.26. The molecule has 1 saturated carbocycles. The van der Waals surface area contributed by atoms with Crippen LogP contribution in [0.4, 0.5) is 0 Å². The Balaban J connectivity index is 2.33. The molecule has 0 aromatic carbocycles. The normalized spacial score (nSPS) is 40.2. The maximum absolute atomic E-state index is 12.1. The van der Waals surface area contributed by atoms with Gasteiger partial charge >= 0.3 is 0 Å². The van der Waals surface area contributed by atoms with Crippen LogP contribution in [0.15, 0.2) is 23.8 Å². The summed E-state index contributed by atoms with van der Waals surface area (Å²) in [6.07, 6.45) is 3.94. The van der Waals surface area contributed by atoms with Crippen LogP contribution in [0, 0.1) is 17.3 Å². The number of hydrogen-bond acceptors (Lipinski definition) is 2. The van der Waals surface area contributed by atoms with Crippen LogP contribution in [-0.4, -0.2) is 17.0 Å². The molecular formula is C15H22O2. The van der Waals surface area contributed by atoms with Crippen molar-refractivity contribution in [1.29, 1.82) is 0 Å². The first kappa shape index (κ1) is 12.6. The fourth-order valence-electron chi connectivity index (χ4n) is 3.42. The van der Waals surface area contributed by atoms with E-state index in [2.05, 4.69) is 20.4 Å². The van der Waals surface area contributed by atoms with Crippen molar-refractivity contribution in [1.82, 2.24) is 0 Å². The van der Waals surface area contributed by atoms with Gasteiger partial charge in [-0.1, -0.05) is 32.1 Å². The topological polar surface area (TPSA) is 37.3 Å². The monoisotopic (exact) mass is 234 g/mol. The Morgan fingerprint density at radius 3 is 2.71 bits per heavy atom. The molecule has 0 aliphatic heterocycles. The van der Waals surface area contributed by atoms with E-state index in [1.807, 2.05) is 6.08 Å². The maximum Gasteiger partial charge on any atom is 0.186 e. The second kappa shape index (κ2) is 4.09. The van der Waals surface area contributed by atoms with E-state index >= 15 is 0 Å². The van der Waals surface area contributed by atoms with Crippen LogP contribution < -0.4 is 0 Å². The van der Waals surface area contributed by atoms with Gasteiger partial charge in [-0.05, 0) is 43.1 Å². The Bertz CT molecular complexity index is 390. The summed E-state index contributed by atoms with van der Waals surface area (Å²) in [5.41, 5.74) is 1.95. The zero-order valence-electron chi connectivity index (χ0n) is 11.0. The summed E-state index contributed by atoms with van der Waals surface area (Å²) >= 11 is 0. The van der Waals surface area contributed by atoms with Gasteiger partial charge in [-0.15, -0.1) is 0 Å². The summed E-state index contributed by atoms with van der Waals surface area (Å²) in [6.45, 7) is 10.2. The van der Waals surface area contributed by atoms with Gasteiger partial charge in [0.1, 0.15) is 6.10 Å². The number of carbonyl (C=O) groups excluding carboxylic acids is 1. The number of allylic oxidation sites excluding steroid dienone is 2. The molecule has 0 aromatic heterocycles. The average molecular weight is 234 g/mol. The first-order valence-electron chi connectivity index (χ1n) is 6.41. The molecule has 0 bridgehead atoms. The number of aliphatic hydroxyl groups excluding tert-OH is 1. The predicted molar refractivity (Wildman–Crippen MR) is 68.5 cm³/mol. The number of hydrogen-bond donors (Lipinski definition) is 1. The van der Waals surface area contributed by atoms with E-state index in [0.29, 0.717) is 11.5 Å². The fraction of sp³-hybridized carbons (Fsp3) is 0.667. The van der Waals surface area contributed by atoms with Crippen molar-refractivity contribution in [2.24, 2.45) is 17.3 Å². The van der Waals surface area contributed by atoms with Gasteiger partial charge in [0.25, 0.3) is 0 Å². The zero-order valence-corrected chi connectivity index (χ0v) is 11.0. The van der Waals surface area contributed by atoms with Gasteiger partial charge < -0.3 is 5.11 Å². The van der Waals surface area contributed by atoms with Gasteiger partial charge in [0.05, 0.1) is 0 Å². The van der Waals surface area contributed by atoms with E-state index in [1.165, 1.54) is 5.57 Å². The zero-order chi connectivity index (χ0) is 12.8. The highest BCUT2D eigenvalue weighted by atomic mass is 16.3. The molecular weight excluding hydrogens is 212 g/mol. The Labute approximate surface area is 103 Å². The highest BCUT2D eigenvalue weighted by molar-refractivity contribution is 5.98. The molecule has 0 radical (unpaired) electrons. The third-order valence-electron chi connectivity index (χ3n) is 4.52. The number of ketones is 1. The van der Waals surface area contributed by atoms with Gasteiger partial charge in [-0.3, -0.25) is 4.79 Å². The summed E-state index contributed by atoms with van der Waals surface area (Å²) in [4.78, 5) is 12.1. The Kier molecular flexibility index (Phi) is 3.03. The molecule has 0 amide bonds. The minimum atomic E-state index is -0.852. The largest absolute Gasteiger partial charge is 0.385 e. The molecule has 2 aliphatic rings. The van der Waals surface area contributed by atoms with Gasteiger partial charge in [0, 0.05) is 5.92 Å². The Morgan fingerprint density at radius 1 is 1.47 bits per heavy atom. The van der Waals surface area contributed by atoms with Crippen LogP contribution in [0.5, 0.6) is 0 Å². The summed E-state index contributed by atoms with van der Waals surface area (Å²) in [6, 6.07) is 0. The first-order valence-corrected chi connectivity index (χ1v) is 6.41. The lowest BCUT2D eigenvalue weighted by molar-refractivity contribution is -0.139. The van der Waals surface area contributed by atoms with Crippen LogP contribution in [0.3, 0.4) is 0 Å². The quantitative estimate of drug-likeness (QED) is 0.654. The molecule has 17 heavy (non-hydrogen) atoms. The molecule has 0 aromatic rings. The predicted octanol–water partition coefficient (Wildman–Crippen LogP) is 2.88. The molecule has 0 spiro atoms. The fourth-order valence-corrected chi connectivity index (χ4v) is 3.42. The van der Waals surface area contributed by atoms with Crippen LogP contribution in [0.2, 0.25) is 0 Å². The molecule has 2 rings (SSSR count). The van der Waals surface area contributed by atoms with Crippen LogP contribution in [0.1, 0.15) is 40.0 Å². The molecule has 1 N–H and O–H groups in total. The van der Waals surface area contributed by atoms with E-state index in [-0.39, 0.29) is 17.1 Å². The number of fused-ring (bicyclic) bond motifs is 1. The van der Waals surface area contributed by atoms with Gasteiger partial charge in [0.2, 0.25) is 0 Å². The molecule has 2 heteroatoms. The van der Waals surface area contributed by atoms with Gasteiger partial charge in [-0.2, -0.15) is 0 Å². The van der Waals surface area contributed by atoms with E-state index in [1.54, 1.807) is 6.92 Å². The molecule has 0 unspecified atom stereocenters. The van der Waals surface area contributed by atoms with Crippen molar-refractivity contribution < 1.29 is 9.90 Å². The van der Waals surface area contributed by atoms with E-state index < -0.39 is 6.10 Å². The molecule has 0 heterocycles. The summed E-state index contributed by atoms with van der Waals surface area (Å²) in [5, 5.41) is 10.3. The minimum Gasteiger partial charge on any atom is -0.385 e. The van der Waals surface area contributed by atoms with Crippen LogP contribution >= 0.6 is 0 Å².